The average molecular weight is 329 g/mol. The Morgan fingerprint density at radius 3 is 2.57 bits per heavy atom. The van der Waals surface area contributed by atoms with Crippen LogP contribution in [-0.2, 0) is 10.0 Å². The molecule has 0 amide bonds. The van der Waals surface area contributed by atoms with Crippen LogP contribution in [0.1, 0.15) is 38.5 Å². The normalized spacial score (nSPS) is 24.7. The van der Waals surface area contributed by atoms with E-state index in [1.165, 1.54) is 18.9 Å². The lowest BCUT2D eigenvalue weighted by atomic mass is 9.97. The lowest BCUT2D eigenvalue weighted by Gasteiger charge is -2.29. The Morgan fingerprint density at radius 1 is 1.14 bits per heavy atom. The Hall–Kier alpha value is -0.780. The smallest absolute Gasteiger partial charge is 0.244 e. The van der Waals surface area contributed by atoms with Crippen molar-refractivity contribution in [2.24, 2.45) is 5.92 Å². The summed E-state index contributed by atoms with van der Waals surface area (Å²) in [6.07, 6.45) is 6.61. The Kier molecular flexibility index (Phi) is 4.17. The first-order valence-electron chi connectivity index (χ1n) is 7.57. The topological polar surface area (TPSA) is 63.4 Å². The maximum Gasteiger partial charge on any atom is 0.244 e. The molecule has 4 nitrogen and oxygen atoms in total. The van der Waals surface area contributed by atoms with E-state index in [-0.39, 0.29) is 16.0 Å². The second-order valence-corrected chi connectivity index (χ2v) is 8.33. The fourth-order valence-electron chi connectivity index (χ4n) is 3.72. The van der Waals surface area contributed by atoms with E-state index in [4.69, 9.17) is 17.3 Å². The van der Waals surface area contributed by atoms with Gasteiger partial charge in [0.05, 0.1) is 5.02 Å². The number of nitrogen functional groups attached to an aromatic ring is 1. The van der Waals surface area contributed by atoms with Crippen LogP contribution in [0.2, 0.25) is 5.02 Å². The number of nitrogens with two attached hydrogens (primary N) is 1. The van der Waals surface area contributed by atoms with Crippen molar-refractivity contribution in [2.45, 2.75) is 49.5 Å². The van der Waals surface area contributed by atoms with E-state index in [1.54, 1.807) is 16.4 Å². The number of halogens is 1. The molecule has 6 heteroatoms. The lowest BCUT2D eigenvalue weighted by molar-refractivity contribution is 0.288. The minimum Gasteiger partial charge on any atom is -0.399 e. The van der Waals surface area contributed by atoms with Crippen molar-refractivity contribution in [1.29, 1.82) is 0 Å². The fraction of sp³-hybridized carbons (Fsp3) is 0.600. The lowest BCUT2D eigenvalue weighted by Crippen LogP contribution is -2.39. The zero-order valence-electron chi connectivity index (χ0n) is 12.0. The van der Waals surface area contributed by atoms with Gasteiger partial charge < -0.3 is 5.73 Å². The van der Waals surface area contributed by atoms with Gasteiger partial charge in [0.1, 0.15) is 4.90 Å². The standard InChI is InChI=1S/C15H21ClN2O2S/c16-13-8-7-12(17)10-15(13)21(19,20)18-9-3-6-14(18)11-4-1-2-5-11/h7-8,10-11,14H,1-6,9,17H2. The minimum absolute atomic E-state index is 0.134. The Bertz CT molecular complexity index is 627. The van der Waals surface area contributed by atoms with Gasteiger partial charge in [-0.2, -0.15) is 4.31 Å². The largest absolute Gasteiger partial charge is 0.399 e. The Balaban J connectivity index is 1.95. The van der Waals surface area contributed by atoms with Gasteiger partial charge in [0.2, 0.25) is 10.0 Å². The molecule has 3 rings (SSSR count). The van der Waals surface area contributed by atoms with Crippen molar-refractivity contribution in [1.82, 2.24) is 4.31 Å². The van der Waals surface area contributed by atoms with E-state index in [2.05, 4.69) is 0 Å². The molecule has 116 valence electrons. The molecule has 1 heterocycles. The summed E-state index contributed by atoms with van der Waals surface area (Å²) in [4.78, 5) is 0.147. The molecule has 2 aliphatic rings. The van der Waals surface area contributed by atoms with Gasteiger partial charge in [-0.05, 0) is 49.8 Å². The summed E-state index contributed by atoms with van der Waals surface area (Å²) in [5.74, 6) is 0.502. The molecule has 1 aliphatic carbocycles. The van der Waals surface area contributed by atoms with Gasteiger partial charge in [0, 0.05) is 18.3 Å². The minimum atomic E-state index is -3.56. The summed E-state index contributed by atoms with van der Waals surface area (Å²) in [6, 6.07) is 4.79. The third-order valence-electron chi connectivity index (χ3n) is 4.73. The zero-order valence-corrected chi connectivity index (χ0v) is 13.5. The number of benzene rings is 1. The van der Waals surface area contributed by atoms with Crippen LogP contribution in [0.5, 0.6) is 0 Å². The Morgan fingerprint density at radius 2 is 1.86 bits per heavy atom. The predicted octanol–water partition coefficient (Wildman–Crippen LogP) is 3.27. The SMILES string of the molecule is Nc1ccc(Cl)c(S(=O)(=O)N2CCCC2C2CCCC2)c1. The van der Waals surface area contributed by atoms with Crippen molar-refractivity contribution >= 4 is 27.3 Å². The molecule has 1 saturated carbocycles. The molecule has 1 saturated heterocycles. The molecule has 0 radical (unpaired) electrons. The van der Waals surface area contributed by atoms with Crippen LogP contribution in [0.15, 0.2) is 23.1 Å². The molecule has 0 spiro atoms. The van der Waals surface area contributed by atoms with Crippen LogP contribution < -0.4 is 5.73 Å². The van der Waals surface area contributed by atoms with Crippen molar-refractivity contribution in [2.75, 3.05) is 12.3 Å². The van der Waals surface area contributed by atoms with Crippen LogP contribution in [0.25, 0.3) is 0 Å². The van der Waals surface area contributed by atoms with E-state index in [0.29, 0.717) is 18.2 Å². The first kappa shape index (κ1) is 15.1. The van der Waals surface area contributed by atoms with Crippen LogP contribution in [0.3, 0.4) is 0 Å². The Labute approximate surface area is 131 Å². The molecule has 1 atom stereocenters. The summed E-state index contributed by atoms with van der Waals surface area (Å²) in [7, 11) is -3.56. The van der Waals surface area contributed by atoms with E-state index >= 15 is 0 Å². The van der Waals surface area contributed by atoms with Gasteiger partial charge in [-0.1, -0.05) is 24.4 Å². The second kappa shape index (κ2) is 5.78. The highest BCUT2D eigenvalue weighted by Crippen LogP contribution is 2.39. The maximum atomic E-state index is 13.0. The van der Waals surface area contributed by atoms with E-state index in [9.17, 15) is 8.42 Å². The highest BCUT2D eigenvalue weighted by Gasteiger charge is 2.40. The average Bonchev–Trinajstić information content (AvgIpc) is 3.10. The molecule has 21 heavy (non-hydrogen) atoms. The fourth-order valence-corrected chi connectivity index (χ4v) is 5.99. The predicted molar refractivity (Wildman–Crippen MR) is 84.7 cm³/mol. The summed E-state index contributed by atoms with van der Waals surface area (Å²) in [5, 5.41) is 0.251. The molecule has 2 fully saturated rings. The number of hydrogen-bond donors (Lipinski definition) is 1. The summed E-state index contributed by atoms with van der Waals surface area (Å²) >= 11 is 6.11. The maximum absolute atomic E-state index is 13.0. The highest BCUT2D eigenvalue weighted by atomic mass is 35.5. The molecule has 1 aromatic carbocycles. The number of hydrogen-bond acceptors (Lipinski definition) is 3. The van der Waals surface area contributed by atoms with Crippen LogP contribution >= 0.6 is 11.6 Å². The summed E-state index contributed by atoms with van der Waals surface area (Å²) in [5.41, 5.74) is 6.16. The highest BCUT2D eigenvalue weighted by molar-refractivity contribution is 7.89. The molecule has 1 unspecified atom stereocenters. The molecule has 2 N–H and O–H groups in total. The van der Waals surface area contributed by atoms with Gasteiger partial charge in [-0.25, -0.2) is 8.42 Å². The van der Waals surface area contributed by atoms with Gasteiger partial charge >= 0.3 is 0 Å². The van der Waals surface area contributed by atoms with Gasteiger partial charge in [0.25, 0.3) is 0 Å². The van der Waals surface area contributed by atoms with E-state index in [1.807, 2.05) is 0 Å². The number of sulfonamides is 1. The molecule has 1 aromatic rings. The van der Waals surface area contributed by atoms with Crippen molar-refractivity contribution in [3.8, 4) is 0 Å². The molecule has 0 bridgehead atoms. The molecular weight excluding hydrogens is 308 g/mol. The molecule has 1 aliphatic heterocycles. The van der Waals surface area contributed by atoms with Crippen LogP contribution in [0, 0.1) is 5.92 Å². The van der Waals surface area contributed by atoms with E-state index in [0.717, 1.165) is 25.7 Å². The summed E-state index contributed by atoms with van der Waals surface area (Å²) in [6.45, 7) is 0.592. The van der Waals surface area contributed by atoms with Gasteiger partial charge in [-0.15, -0.1) is 0 Å². The number of nitrogens with zero attached hydrogens (tertiary/aromatic N) is 1. The van der Waals surface area contributed by atoms with Crippen molar-refractivity contribution in [3.05, 3.63) is 23.2 Å². The quantitative estimate of drug-likeness (QED) is 0.866. The zero-order chi connectivity index (χ0) is 15.0. The third-order valence-corrected chi connectivity index (χ3v) is 7.14. The van der Waals surface area contributed by atoms with Crippen LogP contribution in [0.4, 0.5) is 5.69 Å². The van der Waals surface area contributed by atoms with E-state index < -0.39 is 10.0 Å². The molecular formula is C15H21ClN2O2S. The number of rotatable bonds is 3. The number of anilines is 1. The van der Waals surface area contributed by atoms with Gasteiger partial charge in [0.15, 0.2) is 0 Å². The van der Waals surface area contributed by atoms with Crippen LogP contribution in [-0.4, -0.2) is 25.3 Å². The van der Waals surface area contributed by atoms with Gasteiger partial charge in [-0.3, -0.25) is 0 Å². The summed E-state index contributed by atoms with van der Waals surface area (Å²) < 4.78 is 27.6. The van der Waals surface area contributed by atoms with Crippen molar-refractivity contribution in [3.63, 3.8) is 0 Å². The first-order chi connectivity index (χ1) is 10.00. The first-order valence-corrected chi connectivity index (χ1v) is 9.39. The molecule has 0 aromatic heterocycles. The third kappa shape index (κ3) is 2.79. The second-order valence-electron chi connectivity index (χ2n) is 6.06. The van der Waals surface area contributed by atoms with Crippen molar-refractivity contribution < 1.29 is 8.42 Å². The monoisotopic (exact) mass is 328 g/mol.